The molecule has 1 aliphatic carbocycles. The van der Waals surface area contributed by atoms with Gasteiger partial charge in [0.25, 0.3) is 0 Å². The van der Waals surface area contributed by atoms with E-state index in [0.717, 1.165) is 28.8 Å². The summed E-state index contributed by atoms with van der Waals surface area (Å²) in [5.41, 5.74) is 3.33. The monoisotopic (exact) mass is 544 g/mol. The average Bonchev–Trinajstić information content (AvgIpc) is 3.34. The van der Waals surface area contributed by atoms with Crippen molar-refractivity contribution in [3.63, 3.8) is 0 Å². The minimum Gasteiger partial charge on any atom is -0.376 e. The second kappa shape index (κ2) is 11.3. The highest BCUT2D eigenvalue weighted by atomic mass is 19.4. The van der Waals surface area contributed by atoms with Crippen molar-refractivity contribution in [2.45, 2.75) is 62.8 Å². The fraction of sp³-hybridized carbons (Fsp3) is 0.448. The van der Waals surface area contributed by atoms with Crippen LogP contribution in [-0.2, 0) is 42.7 Å². The summed E-state index contributed by atoms with van der Waals surface area (Å²) in [6.45, 7) is 1.92. The molecular formula is C29H31F3N2O5. The average molecular weight is 545 g/mol. The number of ether oxygens (including phenoxy) is 5. The molecule has 5 rings (SSSR count). The van der Waals surface area contributed by atoms with Gasteiger partial charge >= 0.3 is 6.18 Å². The van der Waals surface area contributed by atoms with Crippen LogP contribution < -0.4 is 0 Å². The smallest absolute Gasteiger partial charge is 0.376 e. The third-order valence-corrected chi connectivity index (χ3v) is 7.37. The Hall–Kier alpha value is -2.89. The Morgan fingerprint density at radius 1 is 0.846 bits per heavy atom. The number of nitrogens with zero attached hydrogens (tertiary/aromatic N) is 2. The van der Waals surface area contributed by atoms with E-state index in [1.54, 1.807) is 39.7 Å². The van der Waals surface area contributed by atoms with Crippen LogP contribution in [0.25, 0.3) is 22.6 Å². The lowest BCUT2D eigenvalue weighted by Crippen LogP contribution is -2.59. The normalized spacial score (nSPS) is 26.9. The summed E-state index contributed by atoms with van der Waals surface area (Å²) in [5.74, 6) is 0.233. The van der Waals surface area contributed by atoms with E-state index < -0.39 is 24.1 Å². The first-order chi connectivity index (χ1) is 18.7. The molecule has 2 aromatic carbocycles. The van der Waals surface area contributed by atoms with Crippen molar-refractivity contribution in [1.82, 2.24) is 9.97 Å². The van der Waals surface area contributed by atoms with Crippen LogP contribution in [-0.4, -0.2) is 68.1 Å². The third-order valence-electron chi connectivity index (χ3n) is 7.37. The first-order valence-corrected chi connectivity index (χ1v) is 12.7. The molecule has 3 aromatic rings. The van der Waals surface area contributed by atoms with E-state index >= 15 is 0 Å². The second-order valence-corrected chi connectivity index (χ2v) is 9.80. The molecule has 7 nitrogen and oxygen atoms in total. The van der Waals surface area contributed by atoms with Gasteiger partial charge < -0.3 is 23.7 Å². The summed E-state index contributed by atoms with van der Waals surface area (Å²) in [6, 6.07) is 12.8. The van der Waals surface area contributed by atoms with Crippen LogP contribution in [0, 0.1) is 0 Å². The highest BCUT2D eigenvalue weighted by molar-refractivity contribution is 5.65. The first-order valence-electron chi connectivity index (χ1n) is 12.7. The van der Waals surface area contributed by atoms with Crippen LogP contribution in [0.5, 0.6) is 0 Å². The number of rotatable bonds is 7. The molecule has 1 aromatic heterocycles. The molecule has 2 aliphatic rings. The molecule has 0 spiro atoms. The van der Waals surface area contributed by atoms with Gasteiger partial charge in [-0.05, 0) is 55.2 Å². The molecule has 0 N–H and O–H groups in total. The Bertz CT molecular complexity index is 1300. The van der Waals surface area contributed by atoms with Crippen molar-refractivity contribution < 1.29 is 36.9 Å². The van der Waals surface area contributed by atoms with Gasteiger partial charge in [0.1, 0.15) is 18.3 Å². The molecule has 0 amide bonds. The van der Waals surface area contributed by atoms with Crippen molar-refractivity contribution in [3.05, 3.63) is 71.4 Å². The summed E-state index contributed by atoms with van der Waals surface area (Å²) in [6.07, 6.45) is -3.54. The summed E-state index contributed by atoms with van der Waals surface area (Å²) >= 11 is 0. The number of methoxy groups -OCH3 is 3. The topological polar surface area (TPSA) is 71.9 Å². The summed E-state index contributed by atoms with van der Waals surface area (Å²) in [7, 11) is 4.84. The predicted octanol–water partition coefficient (Wildman–Crippen LogP) is 5.10. The number of alkyl halides is 3. The van der Waals surface area contributed by atoms with Gasteiger partial charge in [0.05, 0.1) is 23.5 Å². The molecule has 0 bridgehead atoms. The zero-order valence-electron chi connectivity index (χ0n) is 22.1. The molecule has 0 radical (unpaired) electrons. The van der Waals surface area contributed by atoms with Crippen molar-refractivity contribution in [1.29, 1.82) is 0 Å². The SMILES string of the molecule is CO[C@@H]1[C@@H](OC)[C@H](C)O[C@@H](OC2Cc3ccc(-c4ccnc(-c5cccc(C(F)(F)F)c5)n4)cc3C2)[C@@H]1OC. The zero-order chi connectivity index (χ0) is 27.7. The van der Waals surface area contributed by atoms with Crippen LogP contribution in [0.1, 0.15) is 23.6 Å². The van der Waals surface area contributed by atoms with Crippen LogP contribution >= 0.6 is 0 Å². The molecule has 0 saturated carbocycles. The van der Waals surface area contributed by atoms with Gasteiger partial charge in [-0.15, -0.1) is 0 Å². The Morgan fingerprint density at radius 3 is 2.31 bits per heavy atom. The zero-order valence-corrected chi connectivity index (χ0v) is 22.1. The highest BCUT2D eigenvalue weighted by Crippen LogP contribution is 2.34. The highest BCUT2D eigenvalue weighted by Gasteiger charge is 2.47. The fourth-order valence-electron chi connectivity index (χ4n) is 5.44. The summed E-state index contributed by atoms with van der Waals surface area (Å²) in [5, 5.41) is 0. The maximum absolute atomic E-state index is 13.2. The van der Waals surface area contributed by atoms with E-state index in [1.807, 2.05) is 25.1 Å². The molecular weight excluding hydrogens is 513 g/mol. The third kappa shape index (κ3) is 5.71. The molecule has 208 valence electrons. The Kier molecular flexibility index (Phi) is 8.02. The number of hydrogen-bond acceptors (Lipinski definition) is 7. The molecule has 1 unspecified atom stereocenters. The maximum Gasteiger partial charge on any atom is 0.416 e. The van der Waals surface area contributed by atoms with Crippen molar-refractivity contribution in [2.75, 3.05) is 21.3 Å². The molecule has 10 heteroatoms. The molecule has 1 aliphatic heterocycles. The van der Waals surface area contributed by atoms with Gasteiger partial charge in [-0.25, -0.2) is 9.97 Å². The van der Waals surface area contributed by atoms with Crippen LogP contribution in [0.15, 0.2) is 54.7 Å². The van der Waals surface area contributed by atoms with Crippen molar-refractivity contribution >= 4 is 0 Å². The van der Waals surface area contributed by atoms with Gasteiger partial charge in [0, 0.05) is 38.7 Å². The van der Waals surface area contributed by atoms with E-state index in [-0.39, 0.29) is 30.2 Å². The van der Waals surface area contributed by atoms with Crippen LogP contribution in [0.4, 0.5) is 13.2 Å². The lowest BCUT2D eigenvalue weighted by molar-refractivity contribution is -0.314. The fourth-order valence-corrected chi connectivity index (χ4v) is 5.44. The lowest BCUT2D eigenvalue weighted by atomic mass is 9.99. The van der Waals surface area contributed by atoms with E-state index in [1.165, 1.54) is 6.07 Å². The van der Waals surface area contributed by atoms with E-state index in [9.17, 15) is 13.2 Å². The largest absolute Gasteiger partial charge is 0.416 e. The summed E-state index contributed by atoms with van der Waals surface area (Å²) in [4.78, 5) is 8.78. The van der Waals surface area contributed by atoms with Gasteiger partial charge in [0.2, 0.25) is 0 Å². The molecule has 1 saturated heterocycles. The standard InChI is InChI=1S/C29H31F3N2O5/c1-16-24(35-2)25(36-3)26(37-4)28(38-16)39-22-14-17-8-9-18(12-20(17)15-22)23-10-11-33-27(34-23)19-6-5-7-21(13-19)29(30,31)32/h5-13,16,22,24-26,28H,14-15H2,1-4H3/t16-,22?,24-,25+,26+,28-/m0/s1. The predicted molar refractivity (Wildman–Crippen MR) is 137 cm³/mol. The number of halogens is 3. The van der Waals surface area contributed by atoms with Crippen molar-refractivity contribution in [3.8, 4) is 22.6 Å². The van der Waals surface area contributed by atoms with E-state index in [2.05, 4.69) is 9.97 Å². The molecule has 1 fully saturated rings. The van der Waals surface area contributed by atoms with E-state index in [0.29, 0.717) is 24.1 Å². The summed E-state index contributed by atoms with van der Waals surface area (Å²) < 4.78 is 69.0. The number of aromatic nitrogens is 2. The maximum atomic E-state index is 13.2. The van der Waals surface area contributed by atoms with Crippen LogP contribution in [0.3, 0.4) is 0 Å². The van der Waals surface area contributed by atoms with E-state index in [4.69, 9.17) is 23.7 Å². The van der Waals surface area contributed by atoms with Crippen LogP contribution in [0.2, 0.25) is 0 Å². The second-order valence-electron chi connectivity index (χ2n) is 9.80. The number of hydrogen-bond donors (Lipinski definition) is 0. The molecule has 2 heterocycles. The van der Waals surface area contributed by atoms with Gasteiger partial charge in [0.15, 0.2) is 12.1 Å². The molecule has 39 heavy (non-hydrogen) atoms. The Labute approximate surface area is 225 Å². The van der Waals surface area contributed by atoms with Gasteiger partial charge in [-0.1, -0.05) is 24.3 Å². The number of benzene rings is 2. The Morgan fingerprint density at radius 2 is 1.59 bits per heavy atom. The molecule has 6 atom stereocenters. The van der Waals surface area contributed by atoms with Crippen molar-refractivity contribution in [2.24, 2.45) is 0 Å². The minimum absolute atomic E-state index is 0.118. The Balaban J connectivity index is 1.32. The van der Waals surface area contributed by atoms with Gasteiger partial charge in [-0.2, -0.15) is 13.2 Å². The van der Waals surface area contributed by atoms with Gasteiger partial charge in [-0.3, -0.25) is 0 Å². The quantitative estimate of drug-likeness (QED) is 0.410. The lowest BCUT2D eigenvalue weighted by Gasteiger charge is -2.44. The number of fused-ring (bicyclic) bond motifs is 1. The first kappa shape index (κ1) is 27.7. The minimum atomic E-state index is -4.44.